The van der Waals surface area contributed by atoms with Gasteiger partial charge in [-0.05, 0) is 37.9 Å². The van der Waals surface area contributed by atoms with Gasteiger partial charge in [-0.2, -0.15) is 0 Å². The monoisotopic (exact) mass is 335 g/mol. The molecule has 0 saturated heterocycles. The van der Waals surface area contributed by atoms with E-state index in [4.69, 9.17) is 10.5 Å². The molecule has 3 N–H and O–H groups in total. The van der Waals surface area contributed by atoms with Gasteiger partial charge in [0.05, 0.1) is 23.3 Å². The molecule has 0 aliphatic rings. The molecule has 130 valence electrons. The number of nitro benzene ring substituents is 1. The lowest BCUT2D eigenvalue weighted by atomic mass is 9.94. The Hall–Kier alpha value is -2.61. The van der Waals surface area contributed by atoms with Crippen molar-refractivity contribution in [2.24, 2.45) is 18.7 Å². The second-order valence-electron chi connectivity index (χ2n) is 5.71. The molecule has 0 saturated carbocycles. The van der Waals surface area contributed by atoms with E-state index in [1.807, 2.05) is 6.92 Å². The average molecular weight is 335 g/mol. The number of hydrogen-bond acceptors (Lipinski definition) is 5. The third-order valence-electron chi connectivity index (χ3n) is 4.43. The second-order valence-corrected chi connectivity index (χ2v) is 5.71. The van der Waals surface area contributed by atoms with E-state index in [1.165, 1.54) is 13.2 Å². The number of nitrogens with zero attached hydrogens (tertiary/aromatic N) is 2. The first-order valence-electron chi connectivity index (χ1n) is 7.55. The first-order valence-corrected chi connectivity index (χ1v) is 7.55. The van der Waals surface area contributed by atoms with Gasteiger partial charge in [0.1, 0.15) is 11.3 Å². The molecule has 2 rings (SSSR count). The average Bonchev–Trinajstić information content (AvgIpc) is 2.78. The number of methoxy groups -OCH3 is 1. The summed E-state index contributed by atoms with van der Waals surface area (Å²) in [6.45, 7) is 2.08. The van der Waals surface area contributed by atoms with Crippen LogP contribution in [0.1, 0.15) is 17.7 Å². The predicted molar refractivity (Wildman–Crippen MR) is 89.4 cm³/mol. The SMILES string of the molecule is COc1ccc([N+](=O)[O-])c2c1c(CC(CCN)C(=O)O)c(C)n2C. The standard InChI is InChI=1S/C16H21N3O5/c1-9-11(8-10(6-7-17)16(20)21)14-13(24-3)5-4-12(19(22)23)15(14)18(9)2/h4-5,10H,6-8,17H2,1-3H3,(H,20,21). The molecule has 1 unspecified atom stereocenters. The van der Waals surface area contributed by atoms with Gasteiger partial charge in [0.2, 0.25) is 0 Å². The van der Waals surface area contributed by atoms with Crippen LogP contribution in [0.15, 0.2) is 12.1 Å². The van der Waals surface area contributed by atoms with Gasteiger partial charge in [0.25, 0.3) is 5.69 Å². The molecule has 8 heteroatoms. The minimum atomic E-state index is -0.929. The van der Waals surface area contributed by atoms with Crippen LogP contribution in [0.4, 0.5) is 5.69 Å². The number of carboxylic acids is 1. The largest absolute Gasteiger partial charge is 0.496 e. The summed E-state index contributed by atoms with van der Waals surface area (Å²) in [7, 11) is 3.22. The number of hydrogen-bond donors (Lipinski definition) is 2. The van der Waals surface area contributed by atoms with Gasteiger partial charge in [-0.25, -0.2) is 0 Å². The number of carbonyl (C=O) groups is 1. The molecule has 24 heavy (non-hydrogen) atoms. The molecule has 1 aromatic carbocycles. The third-order valence-corrected chi connectivity index (χ3v) is 4.43. The van der Waals surface area contributed by atoms with Crippen molar-refractivity contribution >= 4 is 22.6 Å². The lowest BCUT2D eigenvalue weighted by molar-refractivity contribution is -0.383. The van der Waals surface area contributed by atoms with Crippen LogP contribution in [-0.4, -0.2) is 34.2 Å². The van der Waals surface area contributed by atoms with Gasteiger partial charge in [-0.3, -0.25) is 14.9 Å². The molecule has 0 aliphatic heterocycles. The van der Waals surface area contributed by atoms with Crippen LogP contribution in [0.3, 0.4) is 0 Å². The number of aliphatic carboxylic acids is 1. The van der Waals surface area contributed by atoms with E-state index in [9.17, 15) is 20.0 Å². The minimum absolute atomic E-state index is 0.0339. The fourth-order valence-electron chi connectivity index (χ4n) is 3.07. The van der Waals surface area contributed by atoms with Crippen molar-refractivity contribution in [2.75, 3.05) is 13.7 Å². The molecule has 0 amide bonds. The Labute approximate surface area is 139 Å². The van der Waals surface area contributed by atoms with E-state index >= 15 is 0 Å². The van der Waals surface area contributed by atoms with Crippen LogP contribution in [0.2, 0.25) is 0 Å². The molecule has 1 heterocycles. The van der Waals surface area contributed by atoms with Crippen LogP contribution in [0.25, 0.3) is 10.9 Å². The van der Waals surface area contributed by atoms with Gasteiger partial charge >= 0.3 is 5.97 Å². The minimum Gasteiger partial charge on any atom is -0.496 e. The molecule has 2 aromatic rings. The highest BCUT2D eigenvalue weighted by molar-refractivity contribution is 5.97. The normalized spacial score (nSPS) is 12.3. The van der Waals surface area contributed by atoms with Crippen LogP contribution in [0.5, 0.6) is 5.75 Å². The van der Waals surface area contributed by atoms with Crippen molar-refractivity contribution in [2.45, 2.75) is 19.8 Å². The quantitative estimate of drug-likeness (QED) is 0.589. The summed E-state index contributed by atoms with van der Waals surface area (Å²) in [6.07, 6.45) is 0.579. The number of benzene rings is 1. The summed E-state index contributed by atoms with van der Waals surface area (Å²) < 4.78 is 7.08. The summed E-state index contributed by atoms with van der Waals surface area (Å²) in [5, 5.41) is 21.4. The van der Waals surface area contributed by atoms with Gasteiger partial charge in [-0.15, -0.1) is 0 Å². The van der Waals surface area contributed by atoms with E-state index in [1.54, 1.807) is 17.7 Å². The Balaban J connectivity index is 2.74. The highest BCUT2D eigenvalue weighted by atomic mass is 16.6. The van der Waals surface area contributed by atoms with E-state index in [0.29, 0.717) is 23.1 Å². The van der Waals surface area contributed by atoms with Crippen molar-refractivity contribution in [1.29, 1.82) is 0 Å². The fourth-order valence-corrected chi connectivity index (χ4v) is 3.07. The van der Waals surface area contributed by atoms with Crippen LogP contribution in [-0.2, 0) is 18.3 Å². The molecular weight excluding hydrogens is 314 g/mol. The Morgan fingerprint density at radius 2 is 2.17 bits per heavy atom. The van der Waals surface area contributed by atoms with Crippen LogP contribution in [0, 0.1) is 23.0 Å². The van der Waals surface area contributed by atoms with Gasteiger partial charge in [-0.1, -0.05) is 0 Å². The fraction of sp³-hybridized carbons (Fsp3) is 0.438. The highest BCUT2D eigenvalue weighted by Gasteiger charge is 2.27. The molecule has 0 spiro atoms. The molecule has 0 fully saturated rings. The maximum Gasteiger partial charge on any atom is 0.306 e. The molecule has 0 aliphatic carbocycles. The summed E-state index contributed by atoms with van der Waals surface area (Å²) in [6, 6.07) is 2.95. The zero-order valence-corrected chi connectivity index (χ0v) is 13.9. The molecule has 0 bridgehead atoms. The second kappa shape index (κ2) is 6.88. The van der Waals surface area contributed by atoms with E-state index in [2.05, 4.69) is 0 Å². The summed E-state index contributed by atoms with van der Waals surface area (Å²) in [4.78, 5) is 22.4. The zero-order valence-electron chi connectivity index (χ0n) is 13.9. The number of rotatable bonds is 7. The van der Waals surface area contributed by atoms with Gasteiger partial charge in [0.15, 0.2) is 0 Å². The number of non-ortho nitro benzene ring substituents is 1. The number of ether oxygens (including phenoxy) is 1. The molecule has 1 atom stereocenters. The van der Waals surface area contributed by atoms with E-state index in [0.717, 1.165) is 11.3 Å². The molecule has 8 nitrogen and oxygen atoms in total. The highest BCUT2D eigenvalue weighted by Crippen LogP contribution is 2.39. The number of carboxylic acid groups (broad SMARTS) is 1. The predicted octanol–water partition coefficient (Wildman–Crippen LogP) is 2.00. The summed E-state index contributed by atoms with van der Waals surface area (Å²) >= 11 is 0. The number of nitro groups is 1. The summed E-state index contributed by atoms with van der Waals surface area (Å²) in [5.74, 6) is -1.09. The van der Waals surface area contributed by atoms with Crippen molar-refractivity contribution in [1.82, 2.24) is 4.57 Å². The Bertz CT molecular complexity index is 797. The topological polar surface area (TPSA) is 121 Å². The lowest BCUT2D eigenvalue weighted by Crippen LogP contribution is -2.20. The molecule has 0 radical (unpaired) electrons. The lowest BCUT2D eigenvalue weighted by Gasteiger charge is -2.12. The number of aryl methyl sites for hydroxylation is 1. The van der Waals surface area contributed by atoms with Gasteiger partial charge < -0.3 is 20.1 Å². The maximum atomic E-state index is 11.5. The van der Waals surface area contributed by atoms with Crippen molar-refractivity contribution in [3.63, 3.8) is 0 Å². The Morgan fingerprint density at radius 3 is 2.67 bits per heavy atom. The van der Waals surface area contributed by atoms with Crippen molar-refractivity contribution < 1.29 is 19.6 Å². The van der Waals surface area contributed by atoms with E-state index in [-0.39, 0.29) is 18.7 Å². The Kier molecular flexibility index (Phi) is 5.08. The van der Waals surface area contributed by atoms with Crippen molar-refractivity contribution in [3.8, 4) is 5.75 Å². The zero-order chi connectivity index (χ0) is 18.0. The van der Waals surface area contributed by atoms with Crippen LogP contribution < -0.4 is 10.5 Å². The van der Waals surface area contributed by atoms with Crippen molar-refractivity contribution in [3.05, 3.63) is 33.5 Å². The number of aromatic nitrogens is 1. The van der Waals surface area contributed by atoms with Crippen LogP contribution >= 0.6 is 0 Å². The van der Waals surface area contributed by atoms with Gasteiger partial charge in [0, 0.05) is 18.8 Å². The molecule has 1 aromatic heterocycles. The smallest absolute Gasteiger partial charge is 0.306 e. The number of fused-ring (bicyclic) bond motifs is 1. The first-order chi connectivity index (χ1) is 11.3. The third kappa shape index (κ3) is 2.92. The Morgan fingerprint density at radius 1 is 1.50 bits per heavy atom. The molecular formula is C16H21N3O5. The van der Waals surface area contributed by atoms with E-state index < -0.39 is 16.8 Å². The first kappa shape index (κ1) is 17.7. The summed E-state index contributed by atoms with van der Waals surface area (Å²) in [5.41, 5.74) is 7.44. The number of nitrogens with two attached hydrogens (primary N) is 1. The maximum absolute atomic E-state index is 11.5.